The van der Waals surface area contributed by atoms with Crippen LogP contribution in [-0.2, 0) is 11.3 Å². The fourth-order valence-electron chi connectivity index (χ4n) is 2.67. The average molecular weight is 357 g/mol. The number of aromatic nitrogens is 1. The summed E-state index contributed by atoms with van der Waals surface area (Å²) in [6.07, 6.45) is -0.0233. The van der Waals surface area contributed by atoms with Crippen LogP contribution in [0.5, 0.6) is 5.75 Å². The zero-order chi connectivity index (χ0) is 18.7. The van der Waals surface area contributed by atoms with Crippen LogP contribution in [0.25, 0.3) is 10.9 Å². The topological polar surface area (TPSA) is 49.7 Å². The molecule has 0 radical (unpaired) electrons. The molecule has 5 nitrogen and oxygen atoms in total. The summed E-state index contributed by atoms with van der Waals surface area (Å²) in [5.41, 5.74) is 1.23. The van der Waals surface area contributed by atoms with Crippen LogP contribution in [0.4, 0.5) is 4.39 Å². The molecule has 0 spiro atoms. The first-order valence-corrected chi connectivity index (χ1v) is 8.27. The Bertz CT molecular complexity index is 933. The van der Waals surface area contributed by atoms with Gasteiger partial charge in [-0.05, 0) is 38.1 Å². The Morgan fingerprint density at radius 3 is 2.62 bits per heavy atom. The van der Waals surface area contributed by atoms with Gasteiger partial charge in [0.05, 0.1) is 18.7 Å². The highest BCUT2D eigenvalue weighted by atomic mass is 19.1. The van der Waals surface area contributed by atoms with Gasteiger partial charge in [0, 0.05) is 10.9 Å². The molecule has 0 bridgehead atoms. The van der Waals surface area contributed by atoms with E-state index in [0.717, 1.165) is 5.39 Å². The Balaban J connectivity index is 2.04. The van der Waals surface area contributed by atoms with E-state index in [1.54, 1.807) is 30.3 Å². The minimum absolute atomic E-state index is 0.0233. The monoisotopic (exact) mass is 357 g/mol. The summed E-state index contributed by atoms with van der Waals surface area (Å²) in [5.74, 6) is -0.284. The standard InChI is InChI=1S/C20H20FNO4/c1-13(2)26-19-10-6-9-17-15(19)11-18(20(23)24-3)22(17)25-12-14-7-4-5-8-16(14)21/h4-11,13H,12H2,1-3H3. The van der Waals surface area contributed by atoms with Crippen molar-refractivity contribution < 1.29 is 23.5 Å². The van der Waals surface area contributed by atoms with Crippen LogP contribution in [0.2, 0.25) is 0 Å². The first-order chi connectivity index (χ1) is 12.5. The maximum absolute atomic E-state index is 13.9. The predicted octanol–water partition coefficient (Wildman–Crippen LogP) is 3.98. The highest BCUT2D eigenvalue weighted by Gasteiger charge is 2.20. The molecule has 1 aromatic heterocycles. The number of carbonyl (C=O) groups is 1. The van der Waals surface area contributed by atoms with Crippen LogP contribution in [0, 0.1) is 5.82 Å². The van der Waals surface area contributed by atoms with Crippen LogP contribution in [0.3, 0.4) is 0 Å². The highest BCUT2D eigenvalue weighted by molar-refractivity contribution is 5.97. The van der Waals surface area contributed by atoms with Gasteiger partial charge in [-0.3, -0.25) is 0 Å². The largest absolute Gasteiger partial charge is 0.490 e. The number of fused-ring (bicyclic) bond motifs is 1. The third-order valence-corrected chi connectivity index (χ3v) is 3.83. The number of methoxy groups -OCH3 is 1. The van der Waals surface area contributed by atoms with Crippen molar-refractivity contribution >= 4 is 16.9 Å². The molecule has 0 saturated carbocycles. The Hall–Kier alpha value is -3.02. The van der Waals surface area contributed by atoms with Gasteiger partial charge in [0.15, 0.2) is 5.69 Å². The summed E-state index contributed by atoms with van der Waals surface area (Å²) in [5, 5.41) is 0.718. The molecule has 3 aromatic rings. The van der Waals surface area contributed by atoms with E-state index in [1.165, 1.54) is 17.9 Å². The fourth-order valence-corrected chi connectivity index (χ4v) is 2.67. The number of nitrogens with zero attached hydrogens (tertiary/aromatic N) is 1. The maximum Gasteiger partial charge on any atom is 0.358 e. The van der Waals surface area contributed by atoms with Crippen LogP contribution in [0.1, 0.15) is 29.9 Å². The Labute approximate surface area is 150 Å². The summed E-state index contributed by atoms with van der Waals surface area (Å²) in [7, 11) is 1.30. The van der Waals surface area contributed by atoms with Crippen molar-refractivity contribution in [2.24, 2.45) is 0 Å². The van der Waals surface area contributed by atoms with Crippen molar-refractivity contribution in [3.8, 4) is 5.75 Å². The fraction of sp³-hybridized carbons (Fsp3) is 0.250. The number of rotatable bonds is 6. The zero-order valence-corrected chi connectivity index (χ0v) is 14.9. The molecule has 0 fully saturated rings. The summed E-state index contributed by atoms with van der Waals surface area (Å²) in [6, 6.07) is 13.4. The van der Waals surface area contributed by atoms with E-state index in [4.69, 9.17) is 14.3 Å². The van der Waals surface area contributed by atoms with Gasteiger partial charge in [0.2, 0.25) is 0 Å². The number of halogens is 1. The smallest absolute Gasteiger partial charge is 0.358 e. The highest BCUT2D eigenvalue weighted by Crippen LogP contribution is 2.29. The van der Waals surface area contributed by atoms with Crippen LogP contribution >= 0.6 is 0 Å². The summed E-state index contributed by atoms with van der Waals surface area (Å²) in [4.78, 5) is 17.9. The third kappa shape index (κ3) is 3.49. The molecule has 6 heteroatoms. The van der Waals surface area contributed by atoms with Crippen LogP contribution in [0.15, 0.2) is 48.5 Å². The molecule has 0 aliphatic carbocycles. The number of benzene rings is 2. The summed E-state index contributed by atoms with van der Waals surface area (Å²) in [6.45, 7) is 3.81. The van der Waals surface area contributed by atoms with E-state index in [1.807, 2.05) is 26.0 Å². The molecule has 0 atom stereocenters. The molecule has 0 saturated heterocycles. The van der Waals surface area contributed by atoms with Gasteiger partial charge in [-0.1, -0.05) is 24.3 Å². The second-order valence-electron chi connectivity index (χ2n) is 6.04. The number of hydrogen-bond acceptors (Lipinski definition) is 4. The molecule has 136 valence electrons. The lowest BCUT2D eigenvalue weighted by molar-refractivity contribution is 0.0501. The number of ether oxygens (including phenoxy) is 2. The van der Waals surface area contributed by atoms with Crippen molar-refractivity contribution in [3.05, 3.63) is 65.6 Å². The number of esters is 1. The second kappa shape index (κ2) is 7.47. The van der Waals surface area contributed by atoms with E-state index in [0.29, 0.717) is 16.8 Å². The van der Waals surface area contributed by atoms with Crippen molar-refractivity contribution in [2.45, 2.75) is 26.6 Å². The Morgan fingerprint density at radius 1 is 1.15 bits per heavy atom. The molecule has 0 N–H and O–H groups in total. The van der Waals surface area contributed by atoms with Gasteiger partial charge >= 0.3 is 5.97 Å². The van der Waals surface area contributed by atoms with Crippen LogP contribution in [-0.4, -0.2) is 23.9 Å². The second-order valence-corrected chi connectivity index (χ2v) is 6.04. The van der Waals surface area contributed by atoms with Crippen molar-refractivity contribution in [3.63, 3.8) is 0 Å². The molecule has 0 aliphatic heterocycles. The van der Waals surface area contributed by atoms with Crippen molar-refractivity contribution in [1.82, 2.24) is 4.73 Å². The molecular formula is C20H20FNO4. The van der Waals surface area contributed by atoms with Gasteiger partial charge in [-0.15, -0.1) is 0 Å². The number of hydrogen-bond donors (Lipinski definition) is 0. The average Bonchev–Trinajstić information content (AvgIpc) is 3.00. The molecular weight excluding hydrogens is 337 g/mol. The quantitative estimate of drug-likeness (QED) is 0.626. The summed E-state index contributed by atoms with van der Waals surface area (Å²) >= 11 is 0. The van der Waals surface area contributed by atoms with Crippen molar-refractivity contribution in [2.75, 3.05) is 7.11 Å². The van der Waals surface area contributed by atoms with Gasteiger partial charge in [0.1, 0.15) is 18.2 Å². The number of carbonyl (C=O) groups excluding carboxylic acids is 1. The van der Waals surface area contributed by atoms with E-state index >= 15 is 0 Å². The molecule has 0 unspecified atom stereocenters. The maximum atomic E-state index is 13.9. The first kappa shape index (κ1) is 17.8. The van der Waals surface area contributed by atoms with Crippen molar-refractivity contribution in [1.29, 1.82) is 0 Å². The Morgan fingerprint density at radius 2 is 1.92 bits per heavy atom. The van der Waals surface area contributed by atoms with E-state index in [2.05, 4.69) is 0 Å². The predicted molar refractivity (Wildman–Crippen MR) is 95.7 cm³/mol. The van der Waals surface area contributed by atoms with E-state index in [-0.39, 0.29) is 24.2 Å². The SMILES string of the molecule is COC(=O)c1cc2c(OC(C)C)cccc2n1OCc1ccccc1F. The lowest BCUT2D eigenvalue weighted by Crippen LogP contribution is -2.18. The Kier molecular flexibility index (Phi) is 5.11. The van der Waals surface area contributed by atoms with Gasteiger partial charge in [0.25, 0.3) is 0 Å². The minimum atomic E-state index is -0.551. The molecule has 0 amide bonds. The molecule has 3 rings (SSSR count). The lowest BCUT2D eigenvalue weighted by atomic mass is 10.2. The molecule has 26 heavy (non-hydrogen) atoms. The molecule has 1 heterocycles. The summed E-state index contributed by atoms with van der Waals surface area (Å²) < 4.78 is 25.9. The lowest BCUT2D eigenvalue weighted by Gasteiger charge is -2.13. The normalized spacial score (nSPS) is 11.0. The van der Waals surface area contributed by atoms with Crippen LogP contribution < -0.4 is 9.57 Å². The van der Waals surface area contributed by atoms with E-state index < -0.39 is 5.97 Å². The minimum Gasteiger partial charge on any atom is -0.490 e. The van der Waals surface area contributed by atoms with Gasteiger partial charge in [-0.25, -0.2) is 9.18 Å². The molecule has 0 aliphatic rings. The van der Waals surface area contributed by atoms with Gasteiger partial charge in [-0.2, -0.15) is 4.73 Å². The first-order valence-electron chi connectivity index (χ1n) is 8.27. The molecule has 2 aromatic carbocycles. The van der Waals surface area contributed by atoms with Gasteiger partial charge < -0.3 is 14.3 Å². The van der Waals surface area contributed by atoms with E-state index in [9.17, 15) is 9.18 Å². The zero-order valence-electron chi connectivity index (χ0n) is 14.9. The third-order valence-electron chi connectivity index (χ3n) is 3.83.